The second-order valence-corrected chi connectivity index (χ2v) is 5.47. The van der Waals surface area contributed by atoms with Gasteiger partial charge in [0.1, 0.15) is 0 Å². The zero-order valence-electron chi connectivity index (χ0n) is 11.5. The fourth-order valence-electron chi connectivity index (χ4n) is 1.93. The fourth-order valence-corrected chi connectivity index (χ4v) is 2.75. The lowest BCUT2D eigenvalue weighted by molar-refractivity contribution is -0.385. The number of hydrogen-bond donors (Lipinski definition) is 2. The van der Waals surface area contributed by atoms with E-state index < -0.39 is 5.91 Å². The van der Waals surface area contributed by atoms with E-state index in [9.17, 15) is 14.9 Å². The molecule has 7 heteroatoms. The summed E-state index contributed by atoms with van der Waals surface area (Å²) in [6, 6.07) is 6.81. The van der Waals surface area contributed by atoms with Crippen molar-refractivity contribution in [1.82, 2.24) is 0 Å². The number of carbonyl (C=O) groups excluding carboxylic acids is 1. The molecule has 0 fully saturated rings. The topological polar surface area (TPSA) is 98.3 Å². The average molecular weight is 305 g/mol. The molecule has 1 heterocycles. The summed E-state index contributed by atoms with van der Waals surface area (Å²) in [6.07, 6.45) is 0.615. The number of nitrogens with zero attached hydrogens (tertiary/aromatic N) is 1. The van der Waals surface area contributed by atoms with Crippen LogP contribution in [0.1, 0.15) is 27.7 Å². The van der Waals surface area contributed by atoms with E-state index in [1.54, 1.807) is 17.5 Å². The van der Waals surface area contributed by atoms with Crippen molar-refractivity contribution in [2.75, 3.05) is 5.32 Å². The number of anilines is 1. The molecule has 0 unspecified atom stereocenters. The fraction of sp³-hybridized carbons (Fsp3) is 0.214. The number of hydrogen-bond acceptors (Lipinski definition) is 5. The van der Waals surface area contributed by atoms with Gasteiger partial charge in [-0.25, -0.2) is 0 Å². The maximum absolute atomic E-state index is 11.0. The molecule has 0 saturated heterocycles. The summed E-state index contributed by atoms with van der Waals surface area (Å²) < 4.78 is 0. The monoisotopic (exact) mass is 305 g/mol. The predicted molar refractivity (Wildman–Crippen MR) is 82.6 cm³/mol. The van der Waals surface area contributed by atoms with E-state index in [1.807, 2.05) is 13.0 Å². The minimum Gasteiger partial charge on any atom is -0.380 e. The lowest BCUT2D eigenvalue weighted by Crippen LogP contribution is -2.09. The Balaban J connectivity index is 2.10. The van der Waals surface area contributed by atoms with Crippen LogP contribution in [0.25, 0.3) is 0 Å². The zero-order chi connectivity index (χ0) is 15.4. The van der Waals surface area contributed by atoms with Gasteiger partial charge in [-0.1, -0.05) is 13.0 Å². The summed E-state index contributed by atoms with van der Waals surface area (Å²) in [6.45, 7) is 2.37. The van der Waals surface area contributed by atoms with Crippen LogP contribution in [0.3, 0.4) is 0 Å². The minimum absolute atomic E-state index is 0.117. The van der Waals surface area contributed by atoms with Gasteiger partial charge in [0.2, 0.25) is 5.91 Å². The van der Waals surface area contributed by atoms with E-state index in [2.05, 4.69) is 5.32 Å². The molecule has 3 N–H and O–H groups in total. The number of aryl methyl sites for hydroxylation is 1. The molecule has 1 amide bonds. The summed E-state index contributed by atoms with van der Waals surface area (Å²) in [4.78, 5) is 22.6. The Morgan fingerprint density at radius 3 is 2.76 bits per heavy atom. The highest BCUT2D eigenvalue weighted by Crippen LogP contribution is 2.24. The highest BCUT2D eigenvalue weighted by Gasteiger charge is 2.13. The van der Waals surface area contributed by atoms with Gasteiger partial charge >= 0.3 is 0 Å². The third-order valence-corrected chi connectivity index (χ3v) is 4.00. The number of amides is 1. The van der Waals surface area contributed by atoms with Crippen molar-refractivity contribution in [2.45, 2.75) is 19.9 Å². The van der Waals surface area contributed by atoms with Gasteiger partial charge in [-0.05, 0) is 18.6 Å². The molecule has 1 aromatic carbocycles. The first-order chi connectivity index (χ1) is 10.0. The predicted octanol–water partition coefficient (Wildman–Crippen LogP) is 2.93. The van der Waals surface area contributed by atoms with E-state index >= 15 is 0 Å². The number of nitrogens with one attached hydrogen (secondary N) is 1. The van der Waals surface area contributed by atoms with Gasteiger partial charge in [0.05, 0.1) is 10.5 Å². The van der Waals surface area contributed by atoms with Gasteiger partial charge in [-0.15, -0.1) is 11.3 Å². The molecule has 21 heavy (non-hydrogen) atoms. The van der Waals surface area contributed by atoms with Gasteiger partial charge in [-0.2, -0.15) is 0 Å². The van der Waals surface area contributed by atoms with Crippen molar-refractivity contribution in [2.24, 2.45) is 5.73 Å². The van der Waals surface area contributed by atoms with E-state index in [0.717, 1.165) is 4.88 Å². The van der Waals surface area contributed by atoms with Crippen molar-refractivity contribution in [3.05, 3.63) is 55.8 Å². The lowest BCUT2D eigenvalue weighted by atomic mass is 10.1. The summed E-state index contributed by atoms with van der Waals surface area (Å²) in [5.41, 5.74) is 7.17. The van der Waals surface area contributed by atoms with Crippen molar-refractivity contribution in [1.29, 1.82) is 0 Å². The minimum atomic E-state index is -0.458. The van der Waals surface area contributed by atoms with E-state index in [4.69, 9.17) is 5.73 Å². The Hall–Kier alpha value is -2.41. The van der Waals surface area contributed by atoms with Gasteiger partial charge in [0, 0.05) is 34.1 Å². The third kappa shape index (κ3) is 3.57. The molecule has 6 nitrogen and oxygen atoms in total. The van der Waals surface area contributed by atoms with Crippen molar-refractivity contribution >= 4 is 28.6 Å². The molecule has 0 aliphatic heterocycles. The third-order valence-electron chi connectivity index (χ3n) is 3.07. The number of carbonyl (C=O) groups is 1. The van der Waals surface area contributed by atoms with Crippen molar-refractivity contribution in [3.63, 3.8) is 0 Å². The van der Waals surface area contributed by atoms with E-state index in [-0.39, 0.29) is 10.6 Å². The molecule has 0 saturated carbocycles. The second-order valence-electron chi connectivity index (χ2n) is 4.47. The molecule has 0 radical (unpaired) electrons. The zero-order valence-corrected chi connectivity index (χ0v) is 12.3. The summed E-state index contributed by atoms with van der Waals surface area (Å²) in [5.74, 6) is -0.458. The first-order valence-corrected chi connectivity index (χ1v) is 7.27. The van der Waals surface area contributed by atoms with Crippen LogP contribution in [0.5, 0.6) is 0 Å². The number of nitro benzene ring substituents is 1. The van der Waals surface area contributed by atoms with Gasteiger partial charge in [-0.3, -0.25) is 14.9 Å². The average Bonchev–Trinajstić information content (AvgIpc) is 2.94. The Morgan fingerprint density at radius 1 is 1.43 bits per heavy atom. The normalized spacial score (nSPS) is 10.3. The number of benzene rings is 1. The Morgan fingerprint density at radius 2 is 2.19 bits per heavy atom. The van der Waals surface area contributed by atoms with Crippen LogP contribution in [-0.2, 0) is 13.0 Å². The van der Waals surface area contributed by atoms with Gasteiger partial charge in [0.15, 0.2) is 0 Å². The molecule has 1 aromatic heterocycles. The number of primary amides is 1. The van der Waals surface area contributed by atoms with Crippen LogP contribution in [0.2, 0.25) is 0 Å². The Labute approximate surface area is 125 Å². The molecule has 0 bridgehead atoms. The molecular weight excluding hydrogens is 290 g/mol. The number of thiophene rings is 1. The molecular formula is C14H15N3O3S. The maximum Gasteiger partial charge on any atom is 0.274 e. The first kappa shape index (κ1) is 15.0. The molecule has 0 spiro atoms. The van der Waals surface area contributed by atoms with Crippen molar-refractivity contribution in [3.8, 4) is 0 Å². The SMILES string of the molecule is CCc1ccc(NCc2cc(C(N)=O)cs2)cc1[N+](=O)[O-]. The number of nitro groups is 1. The van der Waals surface area contributed by atoms with E-state index in [1.165, 1.54) is 17.4 Å². The maximum atomic E-state index is 11.0. The highest BCUT2D eigenvalue weighted by molar-refractivity contribution is 7.10. The Kier molecular flexibility index (Phi) is 4.54. The smallest absolute Gasteiger partial charge is 0.274 e. The molecule has 2 aromatic rings. The van der Waals surface area contributed by atoms with Crippen LogP contribution < -0.4 is 11.1 Å². The van der Waals surface area contributed by atoms with Crippen LogP contribution in [0, 0.1) is 10.1 Å². The highest BCUT2D eigenvalue weighted by atomic mass is 32.1. The van der Waals surface area contributed by atoms with Gasteiger partial charge in [0.25, 0.3) is 5.69 Å². The molecule has 0 aliphatic carbocycles. The molecule has 110 valence electrons. The Bertz CT molecular complexity index is 682. The molecule has 0 atom stereocenters. The summed E-state index contributed by atoms with van der Waals surface area (Å²) in [7, 11) is 0. The van der Waals surface area contributed by atoms with E-state index in [0.29, 0.717) is 29.8 Å². The van der Waals surface area contributed by atoms with Crippen LogP contribution in [-0.4, -0.2) is 10.8 Å². The lowest BCUT2D eigenvalue weighted by Gasteiger charge is -2.06. The number of rotatable bonds is 6. The molecule has 0 aliphatic rings. The standard InChI is InChI=1S/C14H15N3O3S/c1-2-9-3-4-11(6-13(9)17(19)20)16-7-12-5-10(8-21-12)14(15)18/h3-6,8,16H,2,7H2,1H3,(H2,15,18). The quantitative estimate of drug-likeness (QED) is 0.633. The largest absolute Gasteiger partial charge is 0.380 e. The second kappa shape index (κ2) is 6.36. The molecule has 2 rings (SSSR count). The van der Waals surface area contributed by atoms with Crippen molar-refractivity contribution < 1.29 is 9.72 Å². The first-order valence-electron chi connectivity index (χ1n) is 6.39. The number of nitrogens with two attached hydrogens (primary N) is 1. The van der Waals surface area contributed by atoms with Crippen LogP contribution in [0.15, 0.2) is 29.6 Å². The summed E-state index contributed by atoms with van der Waals surface area (Å²) >= 11 is 1.42. The van der Waals surface area contributed by atoms with Crippen LogP contribution >= 0.6 is 11.3 Å². The van der Waals surface area contributed by atoms with Crippen LogP contribution in [0.4, 0.5) is 11.4 Å². The summed E-state index contributed by atoms with van der Waals surface area (Å²) in [5, 5.41) is 15.8. The van der Waals surface area contributed by atoms with Gasteiger partial charge < -0.3 is 11.1 Å².